The van der Waals surface area contributed by atoms with Gasteiger partial charge in [-0.25, -0.2) is 4.79 Å². The van der Waals surface area contributed by atoms with Crippen molar-refractivity contribution >= 4 is 28.3 Å². The molecule has 4 rings (SSSR count). The number of carbonyl (C=O) groups is 1. The lowest BCUT2D eigenvalue weighted by molar-refractivity contribution is -0.254. The Morgan fingerprint density at radius 3 is 2.32 bits per heavy atom. The number of hydrogen-bond acceptors (Lipinski definition) is 1. The molecule has 0 saturated carbocycles. The van der Waals surface area contributed by atoms with Crippen LogP contribution in [0, 0.1) is 0 Å². The van der Waals surface area contributed by atoms with Gasteiger partial charge >= 0.3 is 6.03 Å². The Morgan fingerprint density at radius 2 is 1.57 bits per heavy atom. The number of anilines is 1. The van der Waals surface area contributed by atoms with Crippen molar-refractivity contribution in [2.24, 2.45) is 0 Å². The quantitative estimate of drug-likeness (QED) is 0.499. The van der Waals surface area contributed by atoms with Crippen LogP contribution in [0.25, 0.3) is 22.0 Å². The number of carbonyl (C=O) groups excluding carboxylic acids is 1. The van der Waals surface area contributed by atoms with Crippen LogP contribution < -0.4 is 11.1 Å². The van der Waals surface area contributed by atoms with Gasteiger partial charge in [-0.2, -0.15) is 0 Å². The van der Waals surface area contributed by atoms with E-state index in [2.05, 4.69) is 49.2 Å². The molecule has 4 N–H and O–H groups in total. The van der Waals surface area contributed by atoms with Crippen molar-refractivity contribution in [3.05, 3.63) is 84.6 Å². The predicted molar refractivity (Wildman–Crippen MR) is 115 cm³/mol. The SMILES string of the molecule is CC(C)c1ccccc1-c1cn(C(=O)Nc2ccc([NH3+])cc2)c2ccccc12. The van der Waals surface area contributed by atoms with Crippen molar-refractivity contribution in [1.82, 2.24) is 4.57 Å². The Hall–Kier alpha value is -3.37. The fraction of sp³-hybridized carbons (Fsp3) is 0.125. The van der Waals surface area contributed by atoms with Crippen molar-refractivity contribution in [3.8, 4) is 11.1 Å². The topological polar surface area (TPSA) is 61.7 Å². The van der Waals surface area contributed by atoms with Crippen molar-refractivity contribution in [2.75, 3.05) is 5.32 Å². The fourth-order valence-corrected chi connectivity index (χ4v) is 3.58. The van der Waals surface area contributed by atoms with Gasteiger partial charge in [0, 0.05) is 35.0 Å². The molecule has 4 nitrogen and oxygen atoms in total. The number of fused-ring (bicyclic) bond motifs is 1. The van der Waals surface area contributed by atoms with E-state index in [1.54, 1.807) is 4.57 Å². The molecule has 3 aromatic carbocycles. The van der Waals surface area contributed by atoms with Gasteiger partial charge in [-0.15, -0.1) is 0 Å². The highest BCUT2D eigenvalue weighted by molar-refractivity contribution is 6.05. The Balaban J connectivity index is 1.81. The van der Waals surface area contributed by atoms with E-state index in [9.17, 15) is 4.79 Å². The number of quaternary nitrogens is 1. The van der Waals surface area contributed by atoms with Crippen LogP contribution in [0.5, 0.6) is 0 Å². The first kappa shape index (κ1) is 18.0. The molecule has 0 bridgehead atoms. The van der Waals surface area contributed by atoms with Crippen LogP contribution in [0.2, 0.25) is 0 Å². The molecular formula is C24H24N3O+. The third-order valence-corrected chi connectivity index (χ3v) is 5.01. The first-order valence-electron chi connectivity index (χ1n) is 9.47. The fourth-order valence-electron chi connectivity index (χ4n) is 3.58. The van der Waals surface area contributed by atoms with Gasteiger partial charge in [0.2, 0.25) is 0 Å². The third kappa shape index (κ3) is 3.30. The summed E-state index contributed by atoms with van der Waals surface area (Å²) in [6, 6.07) is 23.7. The van der Waals surface area contributed by atoms with Crippen LogP contribution in [0.4, 0.5) is 16.2 Å². The van der Waals surface area contributed by atoms with Gasteiger partial charge in [0.05, 0.1) is 5.52 Å². The number of nitrogens with zero attached hydrogens (tertiary/aromatic N) is 1. The number of amides is 1. The molecule has 1 amide bonds. The van der Waals surface area contributed by atoms with Gasteiger partial charge in [-0.3, -0.25) is 4.57 Å². The van der Waals surface area contributed by atoms with Crippen molar-refractivity contribution in [3.63, 3.8) is 0 Å². The lowest BCUT2D eigenvalue weighted by Gasteiger charge is -2.12. The second-order valence-electron chi connectivity index (χ2n) is 7.30. The molecule has 28 heavy (non-hydrogen) atoms. The zero-order valence-electron chi connectivity index (χ0n) is 16.1. The van der Waals surface area contributed by atoms with Crippen LogP contribution >= 0.6 is 0 Å². The highest BCUT2D eigenvalue weighted by atomic mass is 16.2. The summed E-state index contributed by atoms with van der Waals surface area (Å²) in [4.78, 5) is 13.0. The molecule has 0 aliphatic heterocycles. The van der Waals surface area contributed by atoms with E-state index in [-0.39, 0.29) is 6.03 Å². The van der Waals surface area contributed by atoms with Gasteiger partial charge in [0.15, 0.2) is 0 Å². The number of nitrogens with one attached hydrogen (secondary N) is 1. The van der Waals surface area contributed by atoms with Crippen LogP contribution in [-0.2, 0) is 0 Å². The summed E-state index contributed by atoms with van der Waals surface area (Å²) in [6.07, 6.45) is 1.94. The predicted octanol–water partition coefficient (Wildman–Crippen LogP) is 5.39. The van der Waals surface area contributed by atoms with Crippen molar-refractivity contribution in [2.45, 2.75) is 19.8 Å². The molecule has 1 heterocycles. The molecule has 0 aliphatic carbocycles. The molecule has 0 fully saturated rings. The monoisotopic (exact) mass is 370 g/mol. The van der Waals surface area contributed by atoms with Gasteiger partial charge in [0.25, 0.3) is 0 Å². The van der Waals surface area contributed by atoms with E-state index in [0.29, 0.717) is 5.92 Å². The molecule has 0 spiro atoms. The maximum Gasteiger partial charge on any atom is 0.330 e. The van der Waals surface area contributed by atoms with Gasteiger partial charge < -0.3 is 11.1 Å². The zero-order chi connectivity index (χ0) is 19.7. The van der Waals surface area contributed by atoms with Gasteiger partial charge in [-0.1, -0.05) is 56.3 Å². The van der Waals surface area contributed by atoms with E-state index in [0.717, 1.165) is 27.8 Å². The van der Waals surface area contributed by atoms with Crippen LogP contribution in [0.15, 0.2) is 79.0 Å². The van der Waals surface area contributed by atoms with Crippen molar-refractivity contribution < 1.29 is 10.5 Å². The Bertz CT molecular complexity index is 1140. The molecule has 0 atom stereocenters. The summed E-state index contributed by atoms with van der Waals surface area (Å²) in [5, 5.41) is 4.04. The minimum atomic E-state index is -0.179. The largest absolute Gasteiger partial charge is 0.330 e. The van der Waals surface area contributed by atoms with Crippen LogP contribution in [0.1, 0.15) is 25.3 Å². The Morgan fingerprint density at radius 1 is 0.893 bits per heavy atom. The van der Waals surface area contributed by atoms with E-state index >= 15 is 0 Å². The molecule has 0 unspecified atom stereocenters. The summed E-state index contributed by atoms with van der Waals surface area (Å²) in [6.45, 7) is 4.38. The highest BCUT2D eigenvalue weighted by Gasteiger charge is 2.17. The van der Waals surface area contributed by atoms with Crippen LogP contribution in [-0.4, -0.2) is 10.6 Å². The summed E-state index contributed by atoms with van der Waals surface area (Å²) in [5.74, 6) is 0.397. The molecule has 1 aromatic heterocycles. The average Bonchev–Trinajstić information content (AvgIpc) is 3.09. The first-order valence-corrected chi connectivity index (χ1v) is 9.47. The average molecular weight is 370 g/mol. The third-order valence-electron chi connectivity index (χ3n) is 5.01. The van der Waals surface area contributed by atoms with Gasteiger partial charge in [0.1, 0.15) is 5.69 Å². The smallest absolute Gasteiger partial charge is 0.325 e. The van der Waals surface area contributed by atoms with E-state index in [1.165, 1.54) is 11.1 Å². The number of para-hydroxylation sites is 1. The number of benzene rings is 3. The van der Waals surface area contributed by atoms with Crippen LogP contribution in [0.3, 0.4) is 0 Å². The van der Waals surface area contributed by atoms with E-state index in [1.807, 2.05) is 54.7 Å². The molecular weight excluding hydrogens is 346 g/mol. The van der Waals surface area contributed by atoms with E-state index in [4.69, 9.17) is 0 Å². The molecule has 4 heteroatoms. The lowest BCUT2D eigenvalue weighted by Crippen LogP contribution is -2.39. The molecule has 0 radical (unpaired) electrons. The highest BCUT2D eigenvalue weighted by Crippen LogP contribution is 2.35. The normalized spacial score (nSPS) is 11.1. The summed E-state index contributed by atoms with van der Waals surface area (Å²) in [5.41, 5.74) is 9.95. The standard InChI is InChI=1S/C24H23N3O/c1-16(2)19-7-3-4-8-20(19)22-15-27(23-10-6-5-9-21(22)23)24(28)26-18-13-11-17(25)12-14-18/h3-16H,25H2,1-2H3,(H,26,28)/p+1. The number of aromatic nitrogens is 1. The maximum atomic E-state index is 13.0. The molecule has 0 saturated heterocycles. The number of rotatable bonds is 3. The minimum absolute atomic E-state index is 0.179. The number of hydrogen-bond donors (Lipinski definition) is 2. The first-order chi connectivity index (χ1) is 13.5. The summed E-state index contributed by atoms with van der Waals surface area (Å²) >= 11 is 0. The Labute approximate surface area is 164 Å². The zero-order valence-corrected chi connectivity index (χ0v) is 16.1. The second-order valence-corrected chi connectivity index (χ2v) is 7.30. The van der Waals surface area contributed by atoms with E-state index < -0.39 is 0 Å². The second kappa shape index (κ2) is 7.33. The molecule has 0 aliphatic rings. The van der Waals surface area contributed by atoms with Crippen molar-refractivity contribution in [1.29, 1.82) is 0 Å². The minimum Gasteiger partial charge on any atom is -0.325 e. The maximum absolute atomic E-state index is 13.0. The Kier molecular flexibility index (Phi) is 4.72. The summed E-state index contributed by atoms with van der Waals surface area (Å²) in [7, 11) is 0. The van der Waals surface area contributed by atoms with Gasteiger partial charge in [-0.05, 0) is 35.2 Å². The lowest BCUT2D eigenvalue weighted by atomic mass is 9.92. The molecule has 140 valence electrons. The summed E-state index contributed by atoms with van der Waals surface area (Å²) < 4.78 is 1.69. The molecule has 4 aromatic rings.